The van der Waals surface area contributed by atoms with E-state index in [-0.39, 0.29) is 23.2 Å². The van der Waals surface area contributed by atoms with E-state index in [0.29, 0.717) is 5.56 Å². The van der Waals surface area contributed by atoms with Crippen LogP contribution in [-0.2, 0) is 0 Å². The van der Waals surface area contributed by atoms with Crippen LogP contribution in [0.2, 0.25) is 0 Å². The summed E-state index contributed by atoms with van der Waals surface area (Å²) in [7, 11) is 0. The summed E-state index contributed by atoms with van der Waals surface area (Å²) >= 11 is 2.20. The van der Waals surface area contributed by atoms with Crippen LogP contribution in [0.3, 0.4) is 0 Å². The largest absolute Gasteiger partial charge is 0.479 e. The summed E-state index contributed by atoms with van der Waals surface area (Å²) in [4.78, 5) is 18.7. The van der Waals surface area contributed by atoms with Gasteiger partial charge in [0.25, 0.3) is 5.69 Å². The Kier molecular flexibility index (Phi) is 5.42. The van der Waals surface area contributed by atoms with E-state index in [1.54, 1.807) is 18.2 Å². The van der Waals surface area contributed by atoms with Gasteiger partial charge in [-0.15, -0.1) is 0 Å². The molecule has 0 aliphatic carbocycles. The summed E-state index contributed by atoms with van der Waals surface area (Å²) in [5, 5.41) is 20.6. The first kappa shape index (κ1) is 17.8. The molecule has 0 radical (unpaired) electrons. The number of aliphatic imine (C=N–C) groups is 1. The molecule has 0 atom stereocenters. The van der Waals surface area contributed by atoms with Gasteiger partial charge >= 0.3 is 5.95 Å². The third-order valence-corrected chi connectivity index (χ3v) is 4.03. The lowest BCUT2D eigenvalue weighted by atomic mass is 10.2. The maximum atomic E-state index is 10.8. The molecule has 0 aliphatic rings. The summed E-state index contributed by atoms with van der Waals surface area (Å²) in [6, 6.07) is 13.7. The highest BCUT2D eigenvalue weighted by atomic mass is 127. The molecule has 2 aromatic carbocycles. The third kappa shape index (κ3) is 4.54. The van der Waals surface area contributed by atoms with Crippen LogP contribution in [0.15, 0.2) is 57.9 Å². The average Bonchev–Trinajstić information content (AvgIpc) is 2.99. The van der Waals surface area contributed by atoms with E-state index in [9.17, 15) is 15.2 Å². The number of rotatable bonds is 5. The molecule has 0 spiro atoms. The number of benzene rings is 2. The molecule has 0 unspecified atom stereocenters. The topological polar surface area (TPSA) is 102 Å². The Balaban J connectivity index is 1.76. The Hall–Kier alpha value is -3.01. The zero-order chi connectivity index (χ0) is 18.5. The first-order chi connectivity index (χ1) is 12.5. The number of nitro benzene ring substituents is 1. The Morgan fingerprint density at radius 1 is 1.19 bits per heavy atom. The fraction of sp³-hybridized carbons (Fsp3) is 0. The smallest absolute Gasteiger partial charge is 0.312 e. The maximum Gasteiger partial charge on any atom is 0.312 e. The van der Waals surface area contributed by atoms with E-state index in [1.165, 1.54) is 24.4 Å². The highest BCUT2D eigenvalue weighted by Gasteiger charge is 2.09. The summed E-state index contributed by atoms with van der Waals surface area (Å²) < 4.78 is 6.25. The van der Waals surface area contributed by atoms with Crippen LogP contribution in [0.5, 0.6) is 5.95 Å². The molecule has 0 bridgehead atoms. The highest BCUT2D eigenvalue weighted by Crippen LogP contribution is 2.21. The van der Waals surface area contributed by atoms with Gasteiger partial charge in [0.2, 0.25) is 5.89 Å². The van der Waals surface area contributed by atoms with Gasteiger partial charge in [-0.3, -0.25) is 15.1 Å². The van der Waals surface area contributed by atoms with Gasteiger partial charge in [0.05, 0.1) is 16.8 Å². The molecule has 0 amide bonds. The van der Waals surface area contributed by atoms with Crippen LogP contribution in [-0.4, -0.2) is 21.2 Å². The molecule has 1 N–H and O–H groups in total. The van der Waals surface area contributed by atoms with Crippen LogP contribution < -0.4 is 0 Å². The Morgan fingerprint density at radius 2 is 1.96 bits per heavy atom. The maximum absolute atomic E-state index is 10.8. The minimum atomic E-state index is -0.465. The quantitative estimate of drug-likeness (QED) is 0.254. The minimum absolute atomic E-state index is 0.00672. The second-order valence-electron chi connectivity index (χ2n) is 5.16. The lowest BCUT2D eigenvalue weighted by Gasteiger charge is -1.93. The molecule has 7 nitrogen and oxygen atoms in total. The molecule has 1 aromatic heterocycles. The van der Waals surface area contributed by atoms with E-state index < -0.39 is 4.92 Å². The van der Waals surface area contributed by atoms with Crippen LogP contribution in [0, 0.1) is 13.7 Å². The zero-order valence-corrected chi connectivity index (χ0v) is 15.4. The lowest BCUT2D eigenvalue weighted by molar-refractivity contribution is -0.384. The third-order valence-electron chi connectivity index (χ3n) is 3.31. The van der Waals surface area contributed by atoms with Gasteiger partial charge in [0, 0.05) is 21.8 Å². The fourth-order valence-electron chi connectivity index (χ4n) is 2.07. The van der Waals surface area contributed by atoms with Gasteiger partial charge in [-0.2, -0.15) is 0 Å². The first-order valence-corrected chi connectivity index (χ1v) is 8.51. The van der Waals surface area contributed by atoms with Crippen molar-refractivity contribution < 1.29 is 14.4 Å². The number of aromatic nitrogens is 1. The average molecular weight is 461 g/mol. The molecule has 130 valence electrons. The standard InChI is InChI=1S/C18H12IN3O4/c19-13-5-7-14(8-6-13)20-11-16-18(23)26-17(21-16)9-4-12-2-1-3-15(10-12)22(24)25/h1-11,23H/b9-4+,20-11?. The van der Waals surface area contributed by atoms with Crippen molar-refractivity contribution in [3.63, 3.8) is 0 Å². The molecule has 1 heterocycles. The number of halogens is 1. The fourth-order valence-corrected chi connectivity index (χ4v) is 2.43. The number of nitrogens with zero attached hydrogens (tertiary/aromatic N) is 3. The molecule has 3 aromatic rings. The highest BCUT2D eigenvalue weighted by molar-refractivity contribution is 14.1. The van der Waals surface area contributed by atoms with Gasteiger partial charge in [-0.25, -0.2) is 4.98 Å². The molecular weight excluding hydrogens is 449 g/mol. The molecule has 0 saturated carbocycles. The van der Waals surface area contributed by atoms with Crippen molar-refractivity contribution in [3.8, 4) is 5.95 Å². The summed E-state index contributed by atoms with van der Waals surface area (Å²) in [5.74, 6) is -0.184. The number of aromatic hydroxyl groups is 1. The van der Waals surface area contributed by atoms with Crippen molar-refractivity contribution in [2.24, 2.45) is 4.99 Å². The second kappa shape index (κ2) is 7.91. The molecule has 0 aliphatic heterocycles. The molecule has 8 heteroatoms. The molecular formula is C18H12IN3O4. The van der Waals surface area contributed by atoms with Crippen molar-refractivity contribution in [1.82, 2.24) is 4.98 Å². The van der Waals surface area contributed by atoms with Crippen molar-refractivity contribution in [2.45, 2.75) is 0 Å². The zero-order valence-electron chi connectivity index (χ0n) is 13.2. The number of oxazole rings is 1. The number of hydrogen-bond donors (Lipinski definition) is 1. The lowest BCUT2D eigenvalue weighted by Crippen LogP contribution is -1.87. The van der Waals surface area contributed by atoms with Crippen LogP contribution >= 0.6 is 22.6 Å². The van der Waals surface area contributed by atoms with E-state index >= 15 is 0 Å². The van der Waals surface area contributed by atoms with Gasteiger partial charge in [0.1, 0.15) is 0 Å². The Labute approximate surface area is 162 Å². The Bertz CT molecular complexity index is 994. The van der Waals surface area contributed by atoms with E-state index in [2.05, 4.69) is 32.6 Å². The number of nitro groups is 1. The Morgan fingerprint density at radius 3 is 2.69 bits per heavy atom. The van der Waals surface area contributed by atoms with E-state index in [0.717, 1.165) is 9.26 Å². The van der Waals surface area contributed by atoms with Crippen molar-refractivity contribution in [3.05, 3.63) is 79.4 Å². The van der Waals surface area contributed by atoms with E-state index in [1.807, 2.05) is 24.3 Å². The van der Waals surface area contributed by atoms with Gasteiger partial charge in [0.15, 0.2) is 5.69 Å². The van der Waals surface area contributed by atoms with Gasteiger partial charge in [-0.1, -0.05) is 12.1 Å². The molecule has 0 saturated heterocycles. The van der Waals surface area contributed by atoms with Crippen molar-refractivity contribution >= 4 is 52.3 Å². The first-order valence-electron chi connectivity index (χ1n) is 7.43. The van der Waals surface area contributed by atoms with Crippen LogP contribution in [0.4, 0.5) is 11.4 Å². The number of hydrogen-bond acceptors (Lipinski definition) is 6. The summed E-state index contributed by atoms with van der Waals surface area (Å²) in [6.07, 6.45) is 4.53. The molecule has 0 fully saturated rings. The minimum Gasteiger partial charge on any atom is -0.479 e. The van der Waals surface area contributed by atoms with Gasteiger partial charge in [-0.05, 0) is 58.5 Å². The summed E-state index contributed by atoms with van der Waals surface area (Å²) in [5.41, 5.74) is 1.53. The predicted molar refractivity (Wildman–Crippen MR) is 107 cm³/mol. The van der Waals surface area contributed by atoms with Crippen LogP contribution in [0.1, 0.15) is 17.1 Å². The summed E-state index contributed by atoms with van der Waals surface area (Å²) in [6.45, 7) is 0. The monoisotopic (exact) mass is 461 g/mol. The molecule has 26 heavy (non-hydrogen) atoms. The SMILES string of the molecule is O=[N+]([O-])c1cccc(/C=C/c2nc(C=Nc3ccc(I)cc3)c(O)o2)c1. The molecule has 3 rings (SSSR count). The van der Waals surface area contributed by atoms with Gasteiger partial charge < -0.3 is 9.52 Å². The van der Waals surface area contributed by atoms with Crippen LogP contribution in [0.25, 0.3) is 12.2 Å². The second-order valence-corrected chi connectivity index (χ2v) is 6.41. The van der Waals surface area contributed by atoms with Crippen molar-refractivity contribution in [1.29, 1.82) is 0 Å². The van der Waals surface area contributed by atoms with Crippen molar-refractivity contribution in [2.75, 3.05) is 0 Å². The predicted octanol–water partition coefficient (Wildman–Crippen LogP) is 4.81. The normalized spacial score (nSPS) is 11.4. The number of non-ortho nitro benzene ring substituents is 1. The van der Waals surface area contributed by atoms with E-state index in [4.69, 9.17) is 4.42 Å².